The lowest BCUT2D eigenvalue weighted by Gasteiger charge is -2.12. The van der Waals surface area contributed by atoms with E-state index in [4.69, 9.17) is 4.74 Å². The van der Waals surface area contributed by atoms with Gasteiger partial charge in [-0.2, -0.15) is 0 Å². The van der Waals surface area contributed by atoms with Crippen LogP contribution in [-0.4, -0.2) is 30.3 Å². The number of benzene rings is 2. The van der Waals surface area contributed by atoms with Crippen LogP contribution in [0.25, 0.3) is 0 Å². The first-order valence-electron chi connectivity index (χ1n) is 9.15. The molecule has 0 unspecified atom stereocenters. The minimum atomic E-state index is -0.288. The van der Waals surface area contributed by atoms with Gasteiger partial charge in [-0.05, 0) is 68.0 Å². The van der Waals surface area contributed by atoms with Crippen molar-refractivity contribution in [1.82, 2.24) is 4.90 Å². The Morgan fingerprint density at radius 2 is 1.81 bits per heavy atom. The molecule has 1 aliphatic heterocycles. The van der Waals surface area contributed by atoms with Crippen molar-refractivity contribution in [3.63, 3.8) is 0 Å². The summed E-state index contributed by atoms with van der Waals surface area (Å²) in [5, 5.41) is 0. The Bertz CT molecular complexity index is 821. The number of aliphatic imine (C=N–C) groups is 1. The summed E-state index contributed by atoms with van der Waals surface area (Å²) < 4.78 is 5.53. The van der Waals surface area contributed by atoms with Crippen LogP contribution in [0.1, 0.15) is 45.5 Å². The molecule has 1 fully saturated rings. The van der Waals surface area contributed by atoms with E-state index in [0.717, 1.165) is 41.0 Å². The summed E-state index contributed by atoms with van der Waals surface area (Å²) in [4.78, 5) is 19.4. The van der Waals surface area contributed by atoms with Crippen molar-refractivity contribution in [3.8, 4) is 0 Å². The highest BCUT2D eigenvalue weighted by atomic mass is 16.5. The van der Waals surface area contributed by atoms with Crippen molar-refractivity contribution in [2.24, 2.45) is 4.99 Å². The smallest absolute Gasteiger partial charge is 0.338 e. The fourth-order valence-electron chi connectivity index (χ4n) is 3.15. The summed E-state index contributed by atoms with van der Waals surface area (Å²) in [7, 11) is 0. The lowest BCUT2D eigenvalue weighted by molar-refractivity contribution is 0.0471. The predicted octanol–water partition coefficient (Wildman–Crippen LogP) is 4.72. The molecule has 3 rings (SSSR count). The molecule has 4 nitrogen and oxygen atoms in total. The number of hydrogen-bond acceptors (Lipinski definition) is 3. The maximum Gasteiger partial charge on any atom is 0.338 e. The van der Waals surface area contributed by atoms with Gasteiger partial charge in [0.05, 0.1) is 17.6 Å². The largest absolute Gasteiger partial charge is 0.457 e. The van der Waals surface area contributed by atoms with E-state index < -0.39 is 0 Å². The summed E-state index contributed by atoms with van der Waals surface area (Å²) in [6, 6.07) is 11.8. The minimum Gasteiger partial charge on any atom is -0.457 e. The van der Waals surface area contributed by atoms with Gasteiger partial charge in [0.2, 0.25) is 0 Å². The molecule has 0 radical (unpaired) electrons. The zero-order valence-electron chi connectivity index (χ0n) is 15.8. The molecule has 0 N–H and O–H groups in total. The molecule has 26 heavy (non-hydrogen) atoms. The number of nitrogens with zero attached hydrogens (tertiary/aromatic N) is 2. The van der Waals surface area contributed by atoms with Crippen LogP contribution in [0.3, 0.4) is 0 Å². The normalized spacial score (nSPS) is 14.2. The second-order valence-corrected chi connectivity index (χ2v) is 6.94. The Labute approximate surface area is 155 Å². The summed E-state index contributed by atoms with van der Waals surface area (Å²) in [5.74, 6) is -0.288. The molecule has 0 bridgehead atoms. The molecule has 1 heterocycles. The van der Waals surface area contributed by atoms with E-state index in [2.05, 4.69) is 9.89 Å². The number of carbonyl (C=O) groups is 1. The van der Waals surface area contributed by atoms with Crippen molar-refractivity contribution < 1.29 is 9.53 Å². The molecule has 0 saturated carbocycles. The van der Waals surface area contributed by atoms with Gasteiger partial charge in [-0.25, -0.2) is 9.79 Å². The van der Waals surface area contributed by atoms with Crippen molar-refractivity contribution in [2.45, 2.75) is 40.2 Å². The van der Waals surface area contributed by atoms with Crippen LogP contribution in [0, 0.1) is 20.8 Å². The van der Waals surface area contributed by atoms with Gasteiger partial charge < -0.3 is 9.64 Å². The van der Waals surface area contributed by atoms with E-state index in [-0.39, 0.29) is 5.97 Å². The van der Waals surface area contributed by atoms with Crippen molar-refractivity contribution in [1.29, 1.82) is 0 Å². The summed E-state index contributed by atoms with van der Waals surface area (Å²) in [5.41, 5.74) is 5.54. The van der Waals surface area contributed by atoms with Gasteiger partial charge in [-0.1, -0.05) is 24.3 Å². The highest BCUT2D eigenvalue weighted by Gasteiger charge is 2.14. The molecule has 2 aromatic carbocycles. The lowest BCUT2D eigenvalue weighted by atomic mass is 10.0. The van der Waals surface area contributed by atoms with E-state index in [1.54, 1.807) is 0 Å². The molecular formula is C22H26N2O2. The van der Waals surface area contributed by atoms with Gasteiger partial charge in [0.25, 0.3) is 0 Å². The van der Waals surface area contributed by atoms with Gasteiger partial charge >= 0.3 is 5.97 Å². The molecule has 0 aromatic heterocycles. The third-order valence-corrected chi connectivity index (χ3v) is 4.88. The second-order valence-electron chi connectivity index (χ2n) is 6.94. The number of likely N-dealkylation sites (tertiary alicyclic amines) is 1. The number of ether oxygens (including phenoxy) is 1. The van der Waals surface area contributed by atoms with Gasteiger partial charge in [-0.15, -0.1) is 0 Å². The monoisotopic (exact) mass is 350 g/mol. The van der Waals surface area contributed by atoms with E-state index in [9.17, 15) is 4.79 Å². The topological polar surface area (TPSA) is 41.9 Å². The first-order valence-corrected chi connectivity index (χ1v) is 9.15. The highest BCUT2D eigenvalue weighted by Crippen LogP contribution is 2.24. The summed E-state index contributed by atoms with van der Waals surface area (Å²) >= 11 is 0. The van der Waals surface area contributed by atoms with E-state index in [1.807, 2.05) is 63.5 Å². The molecule has 0 atom stereocenters. The Morgan fingerprint density at radius 1 is 1.08 bits per heavy atom. The van der Waals surface area contributed by atoms with Crippen LogP contribution < -0.4 is 0 Å². The lowest BCUT2D eigenvalue weighted by Crippen LogP contribution is -2.16. The average Bonchev–Trinajstić information content (AvgIpc) is 3.14. The van der Waals surface area contributed by atoms with Crippen LogP contribution >= 0.6 is 0 Å². The molecule has 1 saturated heterocycles. The van der Waals surface area contributed by atoms with Gasteiger partial charge in [0.15, 0.2) is 0 Å². The standard InChI is InChI=1S/C22H26N2O2/c1-16-8-4-5-9-19(16)14-26-22(25)20-12-18(3)21(13-17(20)2)23-15-24-10-6-7-11-24/h4-5,8-9,12-13,15H,6-7,10-11,14H2,1-3H3. The fourth-order valence-corrected chi connectivity index (χ4v) is 3.15. The summed E-state index contributed by atoms with van der Waals surface area (Å²) in [6.07, 6.45) is 4.39. The Kier molecular flexibility index (Phi) is 5.71. The van der Waals surface area contributed by atoms with Crippen LogP contribution in [0.15, 0.2) is 41.4 Å². The van der Waals surface area contributed by atoms with E-state index in [1.165, 1.54) is 12.8 Å². The average molecular weight is 350 g/mol. The molecule has 2 aromatic rings. The molecule has 0 aliphatic carbocycles. The van der Waals surface area contributed by atoms with E-state index >= 15 is 0 Å². The molecule has 4 heteroatoms. The van der Waals surface area contributed by atoms with Crippen LogP contribution in [0.4, 0.5) is 5.69 Å². The SMILES string of the molecule is Cc1ccccc1COC(=O)c1cc(C)c(N=CN2CCCC2)cc1C. The van der Waals surface area contributed by atoms with Crippen LogP contribution in [0.5, 0.6) is 0 Å². The fraction of sp³-hybridized carbons (Fsp3) is 0.364. The van der Waals surface area contributed by atoms with Crippen LogP contribution in [-0.2, 0) is 11.3 Å². The Morgan fingerprint density at radius 3 is 2.54 bits per heavy atom. The maximum atomic E-state index is 12.5. The van der Waals surface area contributed by atoms with Crippen molar-refractivity contribution in [3.05, 3.63) is 64.2 Å². The number of hydrogen-bond donors (Lipinski definition) is 0. The Hall–Kier alpha value is -2.62. The molecule has 136 valence electrons. The second kappa shape index (κ2) is 8.17. The molecule has 0 spiro atoms. The number of aryl methyl sites for hydroxylation is 3. The number of carbonyl (C=O) groups excluding carboxylic acids is 1. The van der Waals surface area contributed by atoms with Crippen molar-refractivity contribution in [2.75, 3.05) is 13.1 Å². The quantitative estimate of drug-likeness (QED) is 0.445. The maximum absolute atomic E-state index is 12.5. The molecule has 0 amide bonds. The predicted molar refractivity (Wildman–Crippen MR) is 105 cm³/mol. The first-order chi connectivity index (χ1) is 12.5. The van der Waals surface area contributed by atoms with Crippen molar-refractivity contribution >= 4 is 18.0 Å². The van der Waals surface area contributed by atoms with Gasteiger partial charge in [0, 0.05) is 13.1 Å². The van der Waals surface area contributed by atoms with Crippen LogP contribution in [0.2, 0.25) is 0 Å². The zero-order valence-corrected chi connectivity index (χ0v) is 15.8. The minimum absolute atomic E-state index is 0.288. The first kappa shape index (κ1) is 18.2. The Balaban J connectivity index is 1.70. The zero-order chi connectivity index (χ0) is 18.5. The highest BCUT2D eigenvalue weighted by molar-refractivity contribution is 5.92. The third-order valence-electron chi connectivity index (χ3n) is 4.88. The number of rotatable bonds is 5. The molecular weight excluding hydrogens is 324 g/mol. The number of esters is 1. The molecule has 1 aliphatic rings. The van der Waals surface area contributed by atoms with E-state index in [0.29, 0.717) is 12.2 Å². The van der Waals surface area contributed by atoms with Gasteiger partial charge in [0.1, 0.15) is 6.61 Å². The van der Waals surface area contributed by atoms with Gasteiger partial charge in [-0.3, -0.25) is 0 Å². The third kappa shape index (κ3) is 4.31. The summed E-state index contributed by atoms with van der Waals surface area (Å²) in [6.45, 7) is 8.37.